The predicted octanol–water partition coefficient (Wildman–Crippen LogP) is 2.92. The number of rotatable bonds is 7. The van der Waals surface area contributed by atoms with Crippen LogP contribution in [0.15, 0.2) is 45.6 Å². The highest BCUT2D eigenvalue weighted by molar-refractivity contribution is 5.81. The lowest BCUT2D eigenvalue weighted by atomic mass is 9.98. The molecule has 1 aromatic heterocycles. The van der Waals surface area contributed by atoms with Gasteiger partial charge in [-0.1, -0.05) is 0 Å². The molecule has 1 unspecified atom stereocenters. The first-order chi connectivity index (χ1) is 15.0. The summed E-state index contributed by atoms with van der Waals surface area (Å²) in [6.45, 7) is 4.09. The van der Waals surface area contributed by atoms with Crippen LogP contribution in [0.4, 0.5) is 0 Å². The fraction of sp³-hybridized carbons (Fsp3) is 0.375. The van der Waals surface area contributed by atoms with Gasteiger partial charge in [-0.15, -0.1) is 0 Å². The zero-order valence-electron chi connectivity index (χ0n) is 18.0. The molecule has 1 aliphatic rings. The normalized spacial score (nSPS) is 14.8. The van der Waals surface area contributed by atoms with E-state index in [0.29, 0.717) is 23.6 Å². The van der Waals surface area contributed by atoms with Gasteiger partial charge in [0.2, 0.25) is 0 Å². The summed E-state index contributed by atoms with van der Waals surface area (Å²) in [5.74, 6) is 2.01. The molecule has 2 heterocycles. The lowest BCUT2D eigenvalue weighted by Gasteiger charge is -2.31. The maximum atomic E-state index is 11.6. The van der Waals surface area contributed by atoms with Crippen LogP contribution in [0, 0.1) is 6.92 Å². The van der Waals surface area contributed by atoms with Crippen LogP contribution in [-0.4, -0.2) is 50.0 Å². The quantitative estimate of drug-likeness (QED) is 0.583. The number of ether oxygens (including phenoxy) is 3. The van der Waals surface area contributed by atoms with Gasteiger partial charge in [0.05, 0.1) is 14.2 Å². The number of fused-ring (bicyclic) bond motifs is 2. The van der Waals surface area contributed by atoms with Gasteiger partial charge in [0.1, 0.15) is 24.0 Å². The minimum absolute atomic E-state index is 0.150. The Hall–Kier alpha value is -3.03. The van der Waals surface area contributed by atoms with Crippen molar-refractivity contribution in [3.05, 3.63) is 63.5 Å². The number of aliphatic hydroxyl groups is 1. The maximum Gasteiger partial charge on any atom is 0.336 e. The Kier molecular flexibility index (Phi) is 6.15. The highest BCUT2D eigenvalue weighted by atomic mass is 16.5. The molecule has 31 heavy (non-hydrogen) atoms. The monoisotopic (exact) mass is 425 g/mol. The van der Waals surface area contributed by atoms with Crippen molar-refractivity contribution < 1.29 is 23.7 Å². The number of aryl methyl sites for hydroxylation is 1. The van der Waals surface area contributed by atoms with Crippen LogP contribution in [0.1, 0.15) is 16.7 Å². The lowest BCUT2D eigenvalue weighted by Crippen LogP contribution is -2.38. The molecule has 7 nitrogen and oxygen atoms in total. The summed E-state index contributed by atoms with van der Waals surface area (Å²) in [6.07, 6.45) is 0.230. The second-order valence-electron chi connectivity index (χ2n) is 7.83. The van der Waals surface area contributed by atoms with Gasteiger partial charge in [-0.2, -0.15) is 0 Å². The minimum Gasteiger partial charge on any atom is -0.493 e. The second-order valence-corrected chi connectivity index (χ2v) is 7.83. The maximum absolute atomic E-state index is 11.6. The molecular weight excluding hydrogens is 398 g/mol. The summed E-state index contributed by atoms with van der Waals surface area (Å²) < 4.78 is 21.8. The van der Waals surface area contributed by atoms with Gasteiger partial charge in [-0.05, 0) is 54.3 Å². The second kappa shape index (κ2) is 8.99. The van der Waals surface area contributed by atoms with E-state index in [9.17, 15) is 9.90 Å². The Morgan fingerprint density at radius 2 is 1.84 bits per heavy atom. The Balaban J connectivity index is 1.37. The molecule has 0 bridgehead atoms. The minimum atomic E-state index is -0.651. The molecule has 0 fully saturated rings. The Morgan fingerprint density at radius 1 is 1.10 bits per heavy atom. The van der Waals surface area contributed by atoms with E-state index in [1.807, 2.05) is 31.2 Å². The van der Waals surface area contributed by atoms with Gasteiger partial charge >= 0.3 is 5.63 Å². The number of hydrogen-bond acceptors (Lipinski definition) is 7. The number of β-amino-alcohol motifs (C(OH)–C–C–N with tert-alkyl or cyclic N) is 1. The summed E-state index contributed by atoms with van der Waals surface area (Å²) >= 11 is 0. The van der Waals surface area contributed by atoms with Crippen LogP contribution in [0.2, 0.25) is 0 Å². The molecule has 3 aromatic rings. The molecule has 1 N–H and O–H groups in total. The van der Waals surface area contributed by atoms with Crippen molar-refractivity contribution in [2.75, 3.05) is 33.9 Å². The first-order valence-electron chi connectivity index (χ1n) is 10.3. The molecule has 164 valence electrons. The highest BCUT2D eigenvalue weighted by Crippen LogP contribution is 2.33. The van der Waals surface area contributed by atoms with Gasteiger partial charge in [0.25, 0.3) is 0 Å². The number of hydrogen-bond donors (Lipinski definition) is 1. The molecule has 1 atom stereocenters. The molecule has 0 saturated carbocycles. The third kappa shape index (κ3) is 4.68. The van der Waals surface area contributed by atoms with Crippen molar-refractivity contribution in [1.82, 2.24) is 4.90 Å². The summed E-state index contributed by atoms with van der Waals surface area (Å²) in [5.41, 5.74) is 3.37. The van der Waals surface area contributed by atoms with E-state index in [4.69, 9.17) is 18.6 Å². The zero-order chi connectivity index (χ0) is 22.0. The van der Waals surface area contributed by atoms with Crippen LogP contribution < -0.4 is 19.8 Å². The average Bonchev–Trinajstić information content (AvgIpc) is 2.76. The average molecular weight is 425 g/mol. The fourth-order valence-electron chi connectivity index (χ4n) is 4.04. The first kappa shape index (κ1) is 21.2. The Labute approximate surface area is 180 Å². The third-order valence-electron chi connectivity index (χ3n) is 5.63. The molecular formula is C24H27NO6. The molecule has 4 rings (SSSR count). The van der Waals surface area contributed by atoms with Crippen LogP contribution >= 0.6 is 0 Å². The van der Waals surface area contributed by atoms with Crippen molar-refractivity contribution >= 4 is 11.0 Å². The SMILES string of the molecule is COc1cc2c(cc1OC)CN(CC(O)COc1ccc3c(C)cc(=O)oc3c1)CC2. The van der Waals surface area contributed by atoms with Crippen LogP contribution in [0.25, 0.3) is 11.0 Å². The van der Waals surface area contributed by atoms with Crippen LogP contribution in [0.5, 0.6) is 17.2 Å². The smallest absolute Gasteiger partial charge is 0.336 e. The van der Waals surface area contributed by atoms with Gasteiger partial charge in [0.15, 0.2) is 11.5 Å². The molecule has 0 spiro atoms. The molecule has 0 radical (unpaired) electrons. The number of nitrogens with zero attached hydrogens (tertiary/aromatic N) is 1. The van der Waals surface area contributed by atoms with E-state index in [1.165, 1.54) is 17.2 Å². The van der Waals surface area contributed by atoms with E-state index in [0.717, 1.165) is 36.2 Å². The Bertz CT molecular complexity index is 1140. The predicted molar refractivity (Wildman–Crippen MR) is 117 cm³/mol. The first-order valence-corrected chi connectivity index (χ1v) is 10.3. The topological polar surface area (TPSA) is 81.4 Å². The van der Waals surface area contributed by atoms with Crippen molar-refractivity contribution in [3.63, 3.8) is 0 Å². The molecule has 7 heteroatoms. The summed E-state index contributed by atoms with van der Waals surface area (Å²) in [6, 6.07) is 10.9. The largest absolute Gasteiger partial charge is 0.493 e. The summed E-state index contributed by atoms with van der Waals surface area (Å²) in [5, 5.41) is 11.4. The van der Waals surface area contributed by atoms with E-state index >= 15 is 0 Å². The van der Waals surface area contributed by atoms with Gasteiger partial charge in [0, 0.05) is 37.2 Å². The molecule has 0 aliphatic carbocycles. The van der Waals surface area contributed by atoms with Crippen molar-refractivity contribution in [2.24, 2.45) is 0 Å². The highest BCUT2D eigenvalue weighted by Gasteiger charge is 2.21. The van der Waals surface area contributed by atoms with E-state index in [2.05, 4.69) is 4.90 Å². The molecule has 0 amide bonds. The summed E-state index contributed by atoms with van der Waals surface area (Å²) in [7, 11) is 3.27. The Morgan fingerprint density at radius 3 is 2.58 bits per heavy atom. The third-order valence-corrected chi connectivity index (χ3v) is 5.63. The number of benzene rings is 2. The zero-order valence-corrected chi connectivity index (χ0v) is 18.0. The standard InChI is InChI=1S/C24H27NO6/c1-15-8-24(27)31-21-11-19(4-5-20(15)21)30-14-18(26)13-25-7-6-16-9-22(28-2)23(29-3)10-17(16)12-25/h4-5,8-11,18,26H,6-7,12-14H2,1-3H3. The molecule has 0 saturated heterocycles. The van der Waals surface area contributed by atoms with Crippen molar-refractivity contribution in [3.8, 4) is 17.2 Å². The number of methoxy groups -OCH3 is 2. The van der Waals surface area contributed by atoms with E-state index < -0.39 is 6.10 Å². The van der Waals surface area contributed by atoms with Crippen LogP contribution in [-0.2, 0) is 13.0 Å². The van der Waals surface area contributed by atoms with Crippen molar-refractivity contribution in [1.29, 1.82) is 0 Å². The van der Waals surface area contributed by atoms with Gasteiger partial charge < -0.3 is 23.7 Å². The van der Waals surface area contributed by atoms with Gasteiger partial charge in [-0.3, -0.25) is 4.90 Å². The van der Waals surface area contributed by atoms with Crippen molar-refractivity contribution in [2.45, 2.75) is 26.0 Å². The van der Waals surface area contributed by atoms with Crippen LogP contribution in [0.3, 0.4) is 0 Å². The molecule has 1 aliphatic heterocycles. The van der Waals surface area contributed by atoms with E-state index in [1.54, 1.807) is 20.3 Å². The van der Waals surface area contributed by atoms with E-state index in [-0.39, 0.29) is 12.2 Å². The summed E-state index contributed by atoms with van der Waals surface area (Å²) in [4.78, 5) is 13.8. The fourth-order valence-corrected chi connectivity index (χ4v) is 4.04. The number of aliphatic hydroxyl groups excluding tert-OH is 1. The van der Waals surface area contributed by atoms with Gasteiger partial charge in [-0.25, -0.2) is 4.79 Å². The molecule has 2 aromatic carbocycles. The lowest BCUT2D eigenvalue weighted by molar-refractivity contribution is 0.0637.